The third kappa shape index (κ3) is 3.85. The zero-order chi connectivity index (χ0) is 15.4. The van der Waals surface area contributed by atoms with Crippen LogP contribution < -0.4 is 4.74 Å². The summed E-state index contributed by atoms with van der Waals surface area (Å²) in [6.45, 7) is -0.844. The fourth-order valence-corrected chi connectivity index (χ4v) is 2.00. The molecule has 2 aromatic carbocycles. The van der Waals surface area contributed by atoms with Crippen molar-refractivity contribution in [3.05, 3.63) is 68.4 Å². The number of Topliss-reactive ketones (excluding diaryl/α,β-unsaturated/α-hetero) is 1. The summed E-state index contributed by atoms with van der Waals surface area (Å²) in [5.41, 5.74) is 0.0384. The van der Waals surface area contributed by atoms with E-state index in [4.69, 9.17) is 4.74 Å². The van der Waals surface area contributed by atoms with Gasteiger partial charge >= 0.3 is 0 Å². The van der Waals surface area contributed by atoms with Gasteiger partial charge in [0.05, 0.1) is 5.56 Å². The van der Waals surface area contributed by atoms with Gasteiger partial charge in [0.2, 0.25) is 5.78 Å². The van der Waals surface area contributed by atoms with Gasteiger partial charge in [-0.25, -0.2) is 4.39 Å². The lowest BCUT2D eigenvalue weighted by Crippen LogP contribution is -2.14. The van der Waals surface area contributed by atoms with Crippen molar-refractivity contribution in [3.63, 3.8) is 0 Å². The Morgan fingerprint density at radius 1 is 1.24 bits per heavy atom. The quantitative estimate of drug-likeness (QED) is 0.465. The van der Waals surface area contributed by atoms with Crippen LogP contribution in [0.3, 0.4) is 0 Å². The molecule has 0 unspecified atom stereocenters. The third-order valence-corrected chi connectivity index (χ3v) is 3.07. The summed E-state index contributed by atoms with van der Waals surface area (Å²) in [7, 11) is 0. The molecule has 0 aromatic heterocycles. The predicted octanol–water partition coefficient (Wildman–Crippen LogP) is 3.84. The standard InChI is InChI=1S/C14H9BrFNO4/c15-9-5-6-14(11(16)7-9)21-13-4-2-1-3-10(13)12(18)8-17(19)20/h1-7H,8H2. The minimum atomic E-state index is -0.844. The van der Waals surface area contributed by atoms with Gasteiger partial charge in [0.1, 0.15) is 5.75 Å². The molecule has 0 aliphatic rings. The molecule has 2 rings (SSSR count). The van der Waals surface area contributed by atoms with Crippen LogP contribution in [0, 0.1) is 15.9 Å². The van der Waals surface area contributed by atoms with Gasteiger partial charge < -0.3 is 4.74 Å². The van der Waals surface area contributed by atoms with Gasteiger partial charge in [-0.05, 0) is 30.3 Å². The fraction of sp³-hybridized carbons (Fsp3) is 0.0714. The molecule has 5 nitrogen and oxygen atoms in total. The summed E-state index contributed by atoms with van der Waals surface area (Å²) in [5.74, 6) is -1.31. The van der Waals surface area contributed by atoms with Gasteiger partial charge in [-0.1, -0.05) is 28.1 Å². The largest absolute Gasteiger partial charge is 0.454 e. The van der Waals surface area contributed by atoms with Crippen LogP contribution in [0.15, 0.2) is 46.9 Å². The summed E-state index contributed by atoms with van der Waals surface area (Å²) in [6.07, 6.45) is 0. The number of halogens is 2. The van der Waals surface area contributed by atoms with Crippen molar-refractivity contribution in [2.24, 2.45) is 0 Å². The van der Waals surface area contributed by atoms with Crippen molar-refractivity contribution < 1.29 is 18.8 Å². The minimum absolute atomic E-state index is 0.0384. The fourth-order valence-electron chi connectivity index (χ4n) is 1.66. The van der Waals surface area contributed by atoms with Gasteiger partial charge in [-0.2, -0.15) is 0 Å². The molecule has 0 aliphatic carbocycles. The Kier molecular flexibility index (Phi) is 4.64. The average Bonchev–Trinajstić information content (AvgIpc) is 2.41. The molecule has 21 heavy (non-hydrogen) atoms. The van der Waals surface area contributed by atoms with Crippen molar-refractivity contribution >= 4 is 21.7 Å². The maximum absolute atomic E-state index is 13.7. The molecule has 108 valence electrons. The number of para-hydroxylation sites is 1. The molecule has 0 N–H and O–H groups in total. The molecule has 0 spiro atoms. The normalized spacial score (nSPS) is 10.2. The molecular weight excluding hydrogens is 345 g/mol. The Morgan fingerprint density at radius 2 is 1.95 bits per heavy atom. The predicted molar refractivity (Wildman–Crippen MR) is 76.8 cm³/mol. The number of hydrogen-bond acceptors (Lipinski definition) is 4. The molecule has 0 bridgehead atoms. The van der Waals surface area contributed by atoms with E-state index in [1.54, 1.807) is 18.2 Å². The van der Waals surface area contributed by atoms with Crippen LogP contribution in [0.1, 0.15) is 10.4 Å². The van der Waals surface area contributed by atoms with E-state index in [9.17, 15) is 19.3 Å². The van der Waals surface area contributed by atoms with E-state index < -0.39 is 23.1 Å². The van der Waals surface area contributed by atoms with Crippen LogP contribution in [0.4, 0.5) is 4.39 Å². The van der Waals surface area contributed by atoms with Crippen LogP contribution in [0.5, 0.6) is 11.5 Å². The van der Waals surface area contributed by atoms with Crippen molar-refractivity contribution in [2.75, 3.05) is 6.54 Å². The molecule has 2 aromatic rings. The highest BCUT2D eigenvalue weighted by Crippen LogP contribution is 2.29. The Labute approximate surface area is 127 Å². The van der Waals surface area contributed by atoms with Crippen molar-refractivity contribution in [2.45, 2.75) is 0 Å². The smallest absolute Gasteiger partial charge is 0.265 e. The SMILES string of the molecule is O=C(C[N+](=O)[O-])c1ccccc1Oc1ccc(Br)cc1F. The van der Waals surface area contributed by atoms with E-state index >= 15 is 0 Å². The number of carbonyl (C=O) groups excluding carboxylic acids is 1. The Bertz CT molecular complexity index is 705. The van der Waals surface area contributed by atoms with Gasteiger partial charge in [0, 0.05) is 9.40 Å². The topological polar surface area (TPSA) is 69.4 Å². The number of carbonyl (C=O) groups is 1. The monoisotopic (exact) mass is 353 g/mol. The summed E-state index contributed by atoms with van der Waals surface area (Å²) < 4.78 is 19.6. The number of nitro groups is 1. The highest BCUT2D eigenvalue weighted by atomic mass is 79.9. The van der Waals surface area contributed by atoms with Crippen LogP contribution in [-0.2, 0) is 0 Å². The van der Waals surface area contributed by atoms with E-state index in [1.807, 2.05) is 0 Å². The van der Waals surface area contributed by atoms with Crippen LogP contribution >= 0.6 is 15.9 Å². The molecule has 0 aliphatic heterocycles. The summed E-state index contributed by atoms with van der Waals surface area (Å²) in [4.78, 5) is 21.5. The number of ether oxygens (including phenoxy) is 1. The lowest BCUT2D eigenvalue weighted by atomic mass is 10.1. The van der Waals surface area contributed by atoms with E-state index in [2.05, 4.69) is 15.9 Å². The van der Waals surface area contributed by atoms with Crippen LogP contribution in [-0.4, -0.2) is 17.3 Å². The Hall–Kier alpha value is -2.28. The molecule has 0 atom stereocenters. The third-order valence-electron chi connectivity index (χ3n) is 2.57. The lowest BCUT2D eigenvalue weighted by Gasteiger charge is -2.10. The maximum Gasteiger partial charge on any atom is 0.265 e. The first-order valence-corrected chi connectivity index (χ1v) is 6.63. The van der Waals surface area contributed by atoms with Crippen molar-refractivity contribution in [1.82, 2.24) is 0 Å². The van der Waals surface area contributed by atoms with Crippen molar-refractivity contribution in [3.8, 4) is 11.5 Å². The molecule has 0 heterocycles. The lowest BCUT2D eigenvalue weighted by molar-refractivity contribution is -0.465. The maximum atomic E-state index is 13.7. The van der Waals surface area contributed by atoms with E-state index in [0.29, 0.717) is 4.47 Å². The van der Waals surface area contributed by atoms with Crippen molar-refractivity contribution in [1.29, 1.82) is 0 Å². The second kappa shape index (κ2) is 6.45. The van der Waals surface area contributed by atoms with Crippen LogP contribution in [0.2, 0.25) is 0 Å². The first-order chi connectivity index (χ1) is 9.97. The zero-order valence-electron chi connectivity index (χ0n) is 10.6. The van der Waals surface area contributed by atoms with E-state index in [0.717, 1.165) is 0 Å². The summed E-state index contributed by atoms with van der Waals surface area (Å²) in [6, 6.07) is 10.2. The highest BCUT2D eigenvalue weighted by Gasteiger charge is 2.18. The zero-order valence-corrected chi connectivity index (χ0v) is 12.2. The molecule has 0 amide bonds. The van der Waals surface area contributed by atoms with Gasteiger partial charge in [0.15, 0.2) is 11.6 Å². The number of rotatable bonds is 5. The number of benzene rings is 2. The summed E-state index contributed by atoms with van der Waals surface area (Å²) in [5, 5.41) is 10.4. The van der Waals surface area contributed by atoms with Gasteiger partial charge in [-0.15, -0.1) is 0 Å². The molecule has 0 saturated carbocycles. The minimum Gasteiger partial charge on any atom is -0.454 e. The van der Waals surface area contributed by atoms with Gasteiger partial charge in [0.25, 0.3) is 6.54 Å². The van der Waals surface area contributed by atoms with E-state index in [-0.39, 0.29) is 17.1 Å². The molecule has 0 saturated heterocycles. The van der Waals surface area contributed by atoms with Gasteiger partial charge in [-0.3, -0.25) is 14.9 Å². The summed E-state index contributed by atoms with van der Waals surface area (Å²) >= 11 is 3.12. The first-order valence-electron chi connectivity index (χ1n) is 5.84. The molecular formula is C14H9BrFNO4. The highest BCUT2D eigenvalue weighted by molar-refractivity contribution is 9.10. The number of ketones is 1. The number of nitrogens with zero attached hydrogens (tertiary/aromatic N) is 1. The molecule has 0 radical (unpaired) electrons. The Morgan fingerprint density at radius 3 is 2.62 bits per heavy atom. The second-order valence-corrected chi connectivity index (χ2v) is 5.00. The number of hydrogen-bond donors (Lipinski definition) is 0. The molecule has 0 fully saturated rings. The van der Waals surface area contributed by atoms with Crippen LogP contribution in [0.25, 0.3) is 0 Å². The first kappa shape index (κ1) is 15.1. The molecule has 7 heteroatoms. The Balaban J connectivity index is 2.32. The van der Waals surface area contributed by atoms with E-state index in [1.165, 1.54) is 24.3 Å². The average molecular weight is 354 g/mol. The second-order valence-electron chi connectivity index (χ2n) is 4.09.